The summed E-state index contributed by atoms with van der Waals surface area (Å²) in [4.78, 5) is 73.0. The molecule has 0 rings (SSSR count). The van der Waals surface area contributed by atoms with Gasteiger partial charge in [-0.3, -0.25) is 37.3 Å². The molecule has 0 aliphatic rings. The Hall–Kier alpha value is -1.94. The van der Waals surface area contributed by atoms with Gasteiger partial charge in [0.2, 0.25) is 0 Å². The average molecular weight is 1450 g/mol. The molecule has 5 atom stereocenters. The highest BCUT2D eigenvalue weighted by atomic mass is 31.2. The van der Waals surface area contributed by atoms with Crippen LogP contribution in [0.5, 0.6) is 0 Å². The highest BCUT2D eigenvalue weighted by Gasteiger charge is 2.30. The van der Waals surface area contributed by atoms with Gasteiger partial charge in [-0.25, -0.2) is 9.13 Å². The Morgan fingerprint density at radius 2 is 0.404 bits per heavy atom. The molecule has 0 aliphatic carbocycles. The van der Waals surface area contributed by atoms with Gasteiger partial charge in [0.25, 0.3) is 0 Å². The first-order valence-corrected chi connectivity index (χ1v) is 44.8. The number of carbonyl (C=O) groups is 4. The Labute approximate surface area is 607 Å². The van der Waals surface area contributed by atoms with Crippen molar-refractivity contribution in [2.24, 2.45) is 0 Å². The van der Waals surface area contributed by atoms with Gasteiger partial charge in [-0.2, -0.15) is 0 Å². The van der Waals surface area contributed by atoms with E-state index in [1.807, 2.05) is 0 Å². The molecule has 0 heterocycles. The lowest BCUT2D eigenvalue weighted by Gasteiger charge is -2.21. The van der Waals surface area contributed by atoms with Gasteiger partial charge in [-0.15, -0.1) is 0 Å². The second-order valence-electron chi connectivity index (χ2n) is 28.8. The molecule has 2 unspecified atom stereocenters. The lowest BCUT2D eigenvalue weighted by Crippen LogP contribution is -2.30. The van der Waals surface area contributed by atoms with Gasteiger partial charge >= 0.3 is 39.5 Å². The van der Waals surface area contributed by atoms with Crippen LogP contribution in [0.3, 0.4) is 0 Å². The molecule has 0 bridgehead atoms. The Morgan fingerprint density at radius 3 is 0.596 bits per heavy atom. The highest BCUT2D eigenvalue weighted by molar-refractivity contribution is 7.47. The molecule has 0 spiro atoms. The molecule has 0 saturated carbocycles. The van der Waals surface area contributed by atoms with E-state index >= 15 is 0 Å². The molecule has 0 amide bonds. The number of phosphoric acid groups is 2. The van der Waals surface area contributed by atoms with Gasteiger partial charge in [0, 0.05) is 25.7 Å². The molecule has 3 N–H and O–H groups in total. The molecule has 19 heteroatoms. The number of hydrogen-bond acceptors (Lipinski definition) is 15. The van der Waals surface area contributed by atoms with E-state index in [0.717, 1.165) is 89.9 Å². The number of aliphatic hydroxyl groups is 1. The maximum absolute atomic E-state index is 13.1. The van der Waals surface area contributed by atoms with Crippen LogP contribution in [0.1, 0.15) is 432 Å². The van der Waals surface area contributed by atoms with Crippen LogP contribution in [0, 0.1) is 0 Å². The van der Waals surface area contributed by atoms with Gasteiger partial charge in [0.05, 0.1) is 26.4 Å². The maximum Gasteiger partial charge on any atom is 0.472 e. The van der Waals surface area contributed by atoms with E-state index in [0.29, 0.717) is 25.7 Å². The second-order valence-corrected chi connectivity index (χ2v) is 31.7. The van der Waals surface area contributed by atoms with Crippen LogP contribution in [0.15, 0.2) is 0 Å². The molecule has 99 heavy (non-hydrogen) atoms. The van der Waals surface area contributed by atoms with E-state index in [-0.39, 0.29) is 25.7 Å². The number of rotatable bonds is 81. The van der Waals surface area contributed by atoms with Crippen LogP contribution in [0.4, 0.5) is 0 Å². The molecule has 0 aromatic carbocycles. The molecule has 0 radical (unpaired) electrons. The Bertz CT molecular complexity index is 1880. The molecule has 588 valence electrons. The predicted molar refractivity (Wildman–Crippen MR) is 405 cm³/mol. The molecular weight excluding hydrogens is 1290 g/mol. The van der Waals surface area contributed by atoms with Crippen LogP contribution < -0.4 is 0 Å². The Morgan fingerprint density at radius 1 is 0.242 bits per heavy atom. The van der Waals surface area contributed by atoms with Crippen LogP contribution >= 0.6 is 15.6 Å². The van der Waals surface area contributed by atoms with Crippen molar-refractivity contribution < 1.29 is 80.2 Å². The number of ether oxygens (including phenoxy) is 4. The molecule has 0 fully saturated rings. The van der Waals surface area contributed by atoms with Crippen LogP contribution in [-0.2, 0) is 65.4 Å². The fourth-order valence-electron chi connectivity index (χ4n) is 12.5. The van der Waals surface area contributed by atoms with Crippen LogP contribution in [0.2, 0.25) is 0 Å². The number of aliphatic hydroxyl groups excluding tert-OH is 1. The third-order valence-corrected chi connectivity index (χ3v) is 20.8. The number of phosphoric ester groups is 2. The predicted octanol–water partition coefficient (Wildman–Crippen LogP) is 24.2. The quantitative estimate of drug-likeness (QED) is 0.0222. The van der Waals surface area contributed by atoms with Gasteiger partial charge in [0.15, 0.2) is 12.2 Å². The minimum absolute atomic E-state index is 0.109. The molecule has 17 nitrogen and oxygen atoms in total. The minimum Gasteiger partial charge on any atom is -0.462 e. The SMILES string of the molecule is CCCCCCCCCCCCCCCCCCCCCCCC(=O)O[C@H](COC(=O)CCCCCCCCCCCCCCCC)COP(=O)(O)OC[C@@H](O)COP(=O)(O)OC[C@@H](COC(=O)CCCCCCCCCCCCC)OC(=O)CCCCCCCCCCCCCCC. The molecular formula is C80H156O17P2. The second kappa shape index (κ2) is 74.3. The normalized spacial score (nSPS) is 13.8. The molecule has 0 saturated heterocycles. The number of hydrogen-bond donors (Lipinski definition) is 3. The summed E-state index contributed by atoms with van der Waals surface area (Å²) in [6.07, 6.45) is 66.5. The lowest BCUT2D eigenvalue weighted by molar-refractivity contribution is -0.161. The topological polar surface area (TPSA) is 237 Å². The molecule has 0 aliphatic heterocycles. The van der Waals surface area contributed by atoms with Crippen LogP contribution in [0.25, 0.3) is 0 Å². The van der Waals surface area contributed by atoms with E-state index in [9.17, 15) is 43.2 Å². The maximum atomic E-state index is 13.1. The first-order chi connectivity index (χ1) is 48.2. The minimum atomic E-state index is -4.96. The van der Waals surface area contributed by atoms with Crippen molar-refractivity contribution in [3.63, 3.8) is 0 Å². The summed E-state index contributed by atoms with van der Waals surface area (Å²) in [6.45, 7) is 5.02. The van der Waals surface area contributed by atoms with Crippen molar-refractivity contribution in [3.05, 3.63) is 0 Å². The van der Waals surface area contributed by atoms with Crippen molar-refractivity contribution in [1.82, 2.24) is 0 Å². The summed E-state index contributed by atoms with van der Waals surface area (Å²) >= 11 is 0. The number of esters is 4. The van der Waals surface area contributed by atoms with Crippen molar-refractivity contribution in [3.8, 4) is 0 Å². The monoisotopic (exact) mass is 1450 g/mol. The Balaban J connectivity index is 5.21. The zero-order chi connectivity index (χ0) is 72.5. The summed E-state index contributed by atoms with van der Waals surface area (Å²) in [7, 11) is -9.91. The standard InChI is InChI=1S/C80H156O17P2/c1-5-9-13-17-21-25-29-32-34-35-36-37-38-39-40-43-47-51-55-59-63-67-80(85)97-76(71-91-78(83)65-61-57-53-49-45-42-33-30-26-22-18-14-10-6-2)73-95-99(88,89)93-69-74(81)68-92-98(86,87)94-72-75(70-90-77(82)64-60-56-52-48-44-28-24-20-16-12-8-4)96-79(84)66-62-58-54-50-46-41-31-27-23-19-15-11-7-3/h74-76,81H,5-73H2,1-4H3,(H,86,87)(H,88,89)/t74-,75+,76+/m0/s1. The summed E-state index contributed by atoms with van der Waals surface area (Å²) < 4.78 is 68.7. The average Bonchev–Trinajstić information content (AvgIpc) is 1.000. The summed E-state index contributed by atoms with van der Waals surface area (Å²) in [5.41, 5.74) is 0. The summed E-state index contributed by atoms with van der Waals surface area (Å²) in [5, 5.41) is 10.6. The van der Waals surface area contributed by atoms with Crippen LogP contribution in [-0.4, -0.2) is 96.7 Å². The molecule has 0 aromatic heterocycles. The Kier molecular flexibility index (Phi) is 72.9. The number of carbonyl (C=O) groups excluding carboxylic acids is 4. The fraction of sp³-hybridized carbons (Fsp3) is 0.950. The highest BCUT2D eigenvalue weighted by Crippen LogP contribution is 2.45. The zero-order valence-corrected chi connectivity index (χ0v) is 66.3. The molecule has 0 aromatic rings. The van der Waals surface area contributed by atoms with Crippen molar-refractivity contribution in [2.45, 2.75) is 451 Å². The van der Waals surface area contributed by atoms with Crippen molar-refractivity contribution >= 4 is 39.5 Å². The van der Waals surface area contributed by atoms with E-state index in [4.69, 9.17) is 37.0 Å². The zero-order valence-electron chi connectivity index (χ0n) is 64.5. The summed E-state index contributed by atoms with van der Waals surface area (Å²) in [5.74, 6) is -2.10. The van der Waals surface area contributed by atoms with Crippen molar-refractivity contribution in [2.75, 3.05) is 39.6 Å². The number of unbranched alkanes of at least 4 members (excludes halogenated alkanes) is 55. The smallest absolute Gasteiger partial charge is 0.462 e. The first kappa shape index (κ1) is 97.1. The van der Waals surface area contributed by atoms with Crippen molar-refractivity contribution in [1.29, 1.82) is 0 Å². The third-order valence-electron chi connectivity index (χ3n) is 18.9. The van der Waals surface area contributed by atoms with Gasteiger partial charge in [-0.1, -0.05) is 381 Å². The lowest BCUT2D eigenvalue weighted by atomic mass is 10.0. The largest absolute Gasteiger partial charge is 0.472 e. The van der Waals surface area contributed by atoms with E-state index in [2.05, 4.69) is 27.7 Å². The third kappa shape index (κ3) is 74.1. The summed E-state index contributed by atoms with van der Waals surface area (Å²) in [6, 6.07) is 0. The van der Waals surface area contributed by atoms with Gasteiger partial charge in [-0.05, 0) is 25.7 Å². The van der Waals surface area contributed by atoms with E-state index in [1.165, 1.54) is 263 Å². The van der Waals surface area contributed by atoms with Gasteiger partial charge < -0.3 is 33.8 Å². The van der Waals surface area contributed by atoms with Gasteiger partial charge in [0.1, 0.15) is 19.3 Å². The van der Waals surface area contributed by atoms with E-state index in [1.54, 1.807) is 0 Å². The van der Waals surface area contributed by atoms with E-state index < -0.39 is 97.5 Å². The first-order valence-electron chi connectivity index (χ1n) is 41.8. The fourth-order valence-corrected chi connectivity index (χ4v) is 14.0.